The van der Waals surface area contributed by atoms with Crippen LogP contribution in [-0.2, 0) is 0 Å². The molecule has 0 N–H and O–H groups in total. The zero-order chi connectivity index (χ0) is 29.5. The van der Waals surface area contributed by atoms with Crippen LogP contribution in [0.4, 0.5) is 0 Å². The van der Waals surface area contributed by atoms with Crippen molar-refractivity contribution in [1.82, 2.24) is 14.5 Å². The minimum absolute atomic E-state index is 0.694. The minimum atomic E-state index is 0.694. The lowest BCUT2D eigenvalue weighted by Gasteiger charge is -2.13. The van der Waals surface area contributed by atoms with Crippen LogP contribution in [0.5, 0.6) is 0 Å². The van der Waals surface area contributed by atoms with Gasteiger partial charge in [0.25, 0.3) is 0 Å². The first kappa shape index (κ1) is 24.6. The second-order valence-corrected chi connectivity index (χ2v) is 12.4. The zero-order valence-corrected chi connectivity index (χ0v) is 24.8. The maximum Gasteiger partial charge on any atom is 0.162 e. The van der Waals surface area contributed by atoms with Gasteiger partial charge in [-0.1, -0.05) is 115 Å². The summed E-state index contributed by atoms with van der Waals surface area (Å²) in [6, 6.07) is 48.5. The fourth-order valence-corrected chi connectivity index (χ4v) is 8.08. The van der Waals surface area contributed by atoms with E-state index < -0.39 is 0 Å². The summed E-state index contributed by atoms with van der Waals surface area (Å²) in [5.74, 6) is 1.52. The maximum atomic E-state index is 6.70. The van der Waals surface area contributed by atoms with E-state index in [1.54, 1.807) is 11.3 Å². The normalized spacial score (nSPS) is 12.0. The summed E-state index contributed by atoms with van der Waals surface area (Å²) < 4.78 is 11.4. The average molecular weight is 594 g/mol. The number of thiophene rings is 1. The molecule has 0 radical (unpaired) electrons. The first-order valence-electron chi connectivity index (χ1n) is 15.0. The van der Waals surface area contributed by atoms with E-state index >= 15 is 0 Å². The van der Waals surface area contributed by atoms with Gasteiger partial charge >= 0.3 is 0 Å². The van der Waals surface area contributed by atoms with Crippen LogP contribution in [0, 0.1) is 0 Å². The lowest BCUT2D eigenvalue weighted by atomic mass is 10.0. The molecule has 4 heterocycles. The number of hydrogen-bond donors (Lipinski definition) is 0. The molecule has 0 aliphatic heterocycles. The molecule has 0 atom stereocenters. The lowest BCUT2D eigenvalue weighted by Crippen LogP contribution is -2.02. The Morgan fingerprint density at radius 1 is 0.556 bits per heavy atom. The quantitative estimate of drug-likeness (QED) is 0.205. The van der Waals surface area contributed by atoms with E-state index in [0.29, 0.717) is 5.82 Å². The second kappa shape index (κ2) is 9.36. The van der Waals surface area contributed by atoms with Crippen molar-refractivity contribution in [3.05, 3.63) is 140 Å². The summed E-state index contributed by atoms with van der Waals surface area (Å²) in [7, 11) is 0. The molecule has 0 fully saturated rings. The summed E-state index contributed by atoms with van der Waals surface area (Å²) in [6.45, 7) is 0. The van der Waals surface area contributed by atoms with Crippen LogP contribution < -0.4 is 0 Å². The molecule has 0 bridgehead atoms. The molecule has 0 unspecified atom stereocenters. The van der Waals surface area contributed by atoms with Gasteiger partial charge in [-0.05, 0) is 18.2 Å². The van der Waals surface area contributed by atoms with Crippen LogP contribution in [0.3, 0.4) is 0 Å². The third-order valence-electron chi connectivity index (χ3n) is 8.80. The van der Waals surface area contributed by atoms with Crippen LogP contribution in [-0.4, -0.2) is 14.5 Å². The van der Waals surface area contributed by atoms with Gasteiger partial charge in [-0.15, -0.1) is 11.3 Å². The van der Waals surface area contributed by atoms with Crippen molar-refractivity contribution in [2.45, 2.75) is 0 Å². The van der Waals surface area contributed by atoms with Gasteiger partial charge in [-0.2, -0.15) is 0 Å². The predicted octanol–water partition coefficient (Wildman–Crippen LogP) is 11.2. The lowest BCUT2D eigenvalue weighted by molar-refractivity contribution is 0.673. The summed E-state index contributed by atoms with van der Waals surface area (Å²) in [6.07, 6.45) is 0. The number of para-hydroxylation sites is 2. The summed E-state index contributed by atoms with van der Waals surface area (Å²) >= 11 is 1.80. The Morgan fingerprint density at radius 3 is 2.04 bits per heavy atom. The summed E-state index contributed by atoms with van der Waals surface area (Å²) in [5, 5.41) is 7.03. The van der Waals surface area contributed by atoms with Crippen molar-refractivity contribution in [3.63, 3.8) is 0 Å². The van der Waals surface area contributed by atoms with Gasteiger partial charge in [-0.3, -0.25) is 4.57 Å². The van der Waals surface area contributed by atoms with Gasteiger partial charge in [0.1, 0.15) is 11.4 Å². The molecule has 10 aromatic rings. The van der Waals surface area contributed by atoms with Gasteiger partial charge < -0.3 is 4.42 Å². The molecule has 0 amide bonds. The molecule has 210 valence electrons. The maximum absolute atomic E-state index is 6.70. The van der Waals surface area contributed by atoms with E-state index in [4.69, 9.17) is 14.4 Å². The van der Waals surface area contributed by atoms with Crippen LogP contribution in [0.15, 0.2) is 144 Å². The van der Waals surface area contributed by atoms with E-state index in [0.717, 1.165) is 60.3 Å². The Morgan fingerprint density at radius 2 is 1.22 bits per heavy atom. The van der Waals surface area contributed by atoms with Crippen molar-refractivity contribution in [2.75, 3.05) is 0 Å². The van der Waals surface area contributed by atoms with Crippen LogP contribution >= 0.6 is 11.3 Å². The van der Waals surface area contributed by atoms with Gasteiger partial charge in [0.05, 0.1) is 21.4 Å². The standard InChI is InChI=1S/C40H23N3OS/c1-3-13-24(14-4-1)29-23-33(42-40(41-29)25-15-5-2-6-16-25)43-30-20-10-7-17-26(30)34-35-27-18-8-11-21-31(27)44-38(35)39-36(37(34)43)28-19-9-12-22-32(28)45-39/h1-23H. The fraction of sp³-hybridized carbons (Fsp3) is 0. The fourth-order valence-electron chi connectivity index (χ4n) is 6.88. The highest BCUT2D eigenvalue weighted by Gasteiger charge is 2.26. The third-order valence-corrected chi connectivity index (χ3v) is 9.97. The number of nitrogens with zero attached hydrogens (tertiary/aromatic N) is 3. The molecule has 4 aromatic heterocycles. The molecule has 45 heavy (non-hydrogen) atoms. The van der Waals surface area contributed by atoms with E-state index in [1.807, 2.05) is 30.3 Å². The monoisotopic (exact) mass is 593 g/mol. The van der Waals surface area contributed by atoms with E-state index in [2.05, 4.69) is 114 Å². The zero-order valence-electron chi connectivity index (χ0n) is 23.9. The Bertz CT molecular complexity index is 2700. The Kier molecular flexibility index (Phi) is 5.12. The Labute approximate surface area is 261 Å². The molecule has 0 spiro atoms. The second-order valence-electron chi connectivity index (χ2n) is 11.3. The molecule has 10 rings (SSSR count). The molecule has 6 aromatic carbocycles. The number of furan rings is 1. The van der Waals surface area contributed by atoms with Crippen LogP contribution in [0.2, 0.25) is 0 Å². The largest absolute Gasteiger partial charge is 0.455 e. The van der Waals surface area contributed by atoms with Crippen molar-refractivity contribution in [3.8, 4) is 28.5 Å². The number of rotatable bonds is 3. The highest BCUT2D eigenvalue weighted by Crippen LogP contribution is 2.50. The molecule has 0 aliphatic carbocycles. The Hall–Kier alpha value is -5.78. The smallest absolute Gasteiger partial charge is 0.162 e. The predicted molar refractivity (Wildman–Crippen MR) is 187 cm³/mol. The average Bonchev–Trinajstić information content (AvgIpc) is 3.79. The van der Waals surface area contributed by atoms with Gasteiger partial charge in [0, 0.05) is 54.2 Å². The van der Waals surface area contributed by atoms with Gasteiger partial charge in [0.15, 0.2) is 11.4 Å². The van der Waals surface area contributed by atoms with Gasteiger partial charge in [-0.25, -0.2) is 9.97 Å². The van der Waals surface area contributed by atoms with Crippen molar-refractivity contribution in [2.24, 2.45) is 0 Å². The topological polar surface area (TPSA) is 43.9 Å². The number of aromatic nitrogens is 3. The highest BCUT2D eigenvalue weighted by atomic mass is 32.1. The van der Waals surface area contributed by atoms with E-state index in [9.17, 15) is 0 Å². The number of hydrogen-bond acceptors (Lipinski definition) is 4. The molecular formula is C40H23N3OS. The van der Waals surface area contributed by atoms with Gasteiger partial charge in [0.2, 0.25) is 0 Å². The molecule has 4 nitrogen and oxygen atoms in total. The van der Waals surface area contributed by atoms with Crippen molar-refractivity contribution >= 4 is 75.3 Å². The van der Waals surface area contributed by atoms with Crippen LogP contribution in [0.1, 0.15) is 0 Å². The Balaban J connectivity index is 1.46. The van der Waals surface area contributed by atoms with Crippen molar-refractivity contribution < 1.29 is 4.42 Å². The number of fused-ring (bicyclic) bond motifs is 12. The molecule has 0 saturated carbocycles. The summed E-state index contributed by atoms with van der Waals surface area (Å²) in [5.41, 5.74) is 6.99. The molecule has 0 saturated heterocycles. The third kappa shape index (κ3) is 3.53. The first-order valence-corrected chi connectivity index (χ1v) is 15.8. The van der Waals surface area contributed by atoms with Crippen molar-refractivity contribution in [1.29, 1.82) is 0 Å². The van der Waals surface area contributed by atoms with Crippen LogP contribution in [0.25, 0.3) is 92.4 Å². The molecular weight excluding hydrogens is 571 g/mol. The first-order chi connectivity index (χ1) is 22.3. The van der Waals surface area contributed by atoms with E-state index in [1.165, 1.54) is 26.2 Å². The number of benzene rings is 6. The van der Waals surface area contributed by atoms with E-state index in [-0.39, 0.29) is 0 Å². The molecule has 0 aliphatic rings. The summed E-state index contributed by atoms with van der Waals surface area (Å²) in [4.78, 5) is 10.4. The minimum Gasteiger partial charge on any atom is -0.455 e. The molecule has 5 heteroatoms. The highest BCUT2D eigenvalue weighted by molar-refractivity contribution is 7.26. The SMILES string of the molecule is c1ccc(-c2cc(-n3c4ccccc4c4c5c6ccccc6oc5c5sc6ccccc6c5c43)nc(-c3ccccc3)n2)cc1.